The fraction of sp³-hybridized carbons (Fsp3) is 0.259. The minimum Gasteiger partial charge on any atom is -0.489 e. The Hall–Kier alpha value is -3.40. The number of hydrogen-bond donors (Lipinski definition) is 2. The number of aryl methyl sites for hydroxylation is 1. The van der Waals surface area contributed by atoms with Gasteiger partial charge in [0.05, 0.1) is 18.4 Å². The van der Waals surface area contributed by atoms with Crippen molar-refractivity contribution in [3.05, 3.63) is 79.6 Å². The number of hydrazone groups is 1. The summed E-state index contributed by atoms with van der Waals surface area (Å²) in [5, 5.41) is 7.81. The van der Waals surface area contributed by atoms with Gasteiger partial charge < -0.3 is 14.8 Å². The molecule has 1 heterocycles. The van der Waals surface area contributed by atoms with E-state index in [1.54, 1.807) is 49.4 Å². The lowest BCUT2D eigenvalue weighted by molar-refractivity contribution is -0.136. The molecular weight excluding hydrogens is 549 g/mol. The number of fused-ring (bicyclic) bond motifs is 1. The molecule has 0 aliphatic heterocycles. The molecule has 11 heteroatoms. The molecule has 0 unspecified atom stereocenters. The lowest BCUT2D eigenvalue weighted by Gasteiger charge is -2.12. The molecule has 0 atom stereocenters. The molecular formula is C27H25Cl2N3O5S. The summed E-state index contributed by atoms with van der Waals surface area (Å²) in [6, 6.07) is 12.2. The summed E-state index contributed by atoms with van der Waals surface area (Å²) in [7, 11) is 0. The van der Waals surface area contributed by atoms with E-state index in [0.717, 1.165) is 41.7 Å². The Labute approximate surface area is 233 Å². The topological polar surface area (TPSA) is 106 Å². The van der Waals surface area contributed by atoms with Crippen LogP contribution in [-0.4, -0.2) is 30.6 Å². The molecule has 2 N–H and O–H groups in total. The van der Waals surface area contributed by atoms with E-state index >= 15 is 0 Å². The molecule has 1 aromatic heterocycles. The molecule has 0 saturated carbocycles. The highest BCUT2D eigenvalue weighted by atomic mass is 35.5. The third-order valence-corrected chi connectivity index (χ3v) is 7.53. The van der Waals surface area contributed by atoms with Gasteiger partial charge in [-0.3, -0.25) is 9.59 Å². The normalized spacial score (nSPS) is 12.6. The first kappa shape index (κ1) is 27.6. The van der Waals surface area contributed by atoms with Crippen LogP contribution in [0.4, 0.5) is 5.00 Å². The molecule has 4 rings (SSSR count). The predicted octanol–water partition coefficient (Wildman–Crippen LogP) is 5.78. The van der Waals surface area contributed by atoms with E-state index in [1.165, 1.54) is 17.6 Å². The zero-order valence-corrected chi connectivity index (χ0v) is 22.8. The highest BCUT2D eigenvalue weighted by Gasteiger charge is 2.28. The largest absolute Gasteiger partial charge is 0.489 e. The van der Waals surface area contributed by atoms with Crippen LogP contribution in [-0.2, 0) is 33.8 Å². The molecule has 3 aromatic rings. The van der Waals surface area contributed by atoms with E-state index in [-0.39, 0.29) is 13.2 Å². The van der Waals surface area contributed by atoms with Gasteiger partial charge in [-0.1, -0.05) is 41.4 Å². The minimum atomic E-state index is -0.966. The van der Waals surface area contributed by atoms with E-state index in [9.17, 15) is 14.4 Å². The number of anilines is 1. The number of nitrogens with one attached hydrogen (secondary N) is 2. The van der Waals surface area contributed by atoms with E-state index < -0.39 is 17.8 Å². The van der Waals surface area contributed by atoms with Gasteiger partial charge in [-0.25, -0.2) is 10.2 Å². The molecule has 0 bridgehead atoms. The van der Waals surface area contributed by atoms with Crippen molar-refractivity contribution in [2.45, 2.75) is 39.2 Å². The lowest BCUT2D eigenvalue weighted by atomic mass is 9.95. The smallest absolute Gasteiger partial charge is 0.341 e. The van der Waals surface area contributed by atoms with Gasteiger partial charge in [-0.05, 0) is 68.0 Å². The molecule has 38 heavy (non-hydrogen) atoms. The van der Waals surface area contributed by atoms with Crippen molar-refractivity contribution in [1.82, 2.24) is 5.43 Å². The molecule has 2 aromatic carbocycles. The van der Waals surface area contributed by atoms with Crippen molar-refractivity contribution < 1.29 is 23.9 Å². The van der Waals surface area contributed by atoms with Crippen LogP contribution in [0.1, 0.15) is 51.7 Å². The predicted molar refractivity (Wildman–Crippen MR) is 149 cm³/mol. The minimum absolute atomic E-state index is 0.215. The Bertz CT molecular complexity index is 1390. The van der Waals surface area contributed by atoms with Crippen LogP contribution < -0.4 is 15.5 Å². The van der Waals surface area contributed by atoms with Crippen molar-refractivity contribution in [3.63, 3.8) is 0 Å². The Balaban J connectivity index is 1.36. The number of carbonyl (C=O) groups is 3. The van der Waals surface area contributed by atoms with Gasteiger partial charge >= 0.3 is 17.8 Å². The third-order valence-electron chi connectivity index (χ3n) is 5.73. The van der Waals surface area contributed by atoms with Gasteiger partial charge in [0.25, 0.3) is 0 Å². The van der Waals surface area contributed by atoms with Crippen molar-refractivity contribution in [2.75, 3.05) is 11.9 Å². The van der Waals surface area contributed by atoms with Gasteiger partial charge in [-0.2, -0.15) is 5.10 Å². The van der Waals surface area contributed by atoms with E-state index in [4.69, 9.17) is 32.7 Å². The lowest BCUT2D eigenvalue weighted by Crippen LogP contribution is -2.32. The second-order valence-corrected chi connectivity index (χ2v) is 10.3. The quantitative estimate of drug-likeness (QED) is 0.154. The van der Waals surface area contributed by atoms with Crippen LogP contribution >= 0.6 is 34.5 Å². The average Bonchev–Trinajstić information content (AvgIpc) is 3.26. The Morgan fingerprint density at radius 2 is 1.89 bits per heavy atom. The SMILES string of the molecule is CCOC(=O)c1c(NC(=O)C(=O)NN=Cc2cccc(OCc3ccc(Cl)cc3Cl)c2)sc2c1CCCC2. The van der Waals surface area contributed by atoms with E-state index in [2.05, 4.69) is 15.8 Å². The number of carbonyl (C=O) groups excluding carboxylic acids is 3. The van der Waals surface area contributed by atoms with E-state index in [1.807, 2.05) is 0 Å². The summed E-state index contributed by atoms with van der Waals surface area (Å²) in [6.07, 6.45) is 4.93. The number of halogens is 2. The molecule has 198 valence electrons. The monoisotopic (exact) mass is 573 g/mol. The number of benzene rings is 2. The Kier molecular flexibility index (Phi) is 9.38. The third kappa shape index (κ3) is 6.92. The standard InChI is InChI=1S/C27H25Cl2N3O5S/c1-2-36-27(35)23-20-8-3-4-9-22(20)38-26(23)31-24(33)25(34)32-30-14-16-6-5-7-19(12-16)37-15-17-10-11-18(28)13-21(17)29/h5-7,10-14H,2-4,8-9,15H2,1H3,(H,31,33)(H,32,34). The van der Waals surface area contributed by atoms with Crippen molar-refractivity contribution >= 4 is 63.5 Å². The summed E-state index contributed by atoms with van der Waals surface area (Å²) in [5.41, 5.74) is 4.87. The summed E-state index contributed by atoms with van der Waals surface area (Å²) in [6.45, 7) is 2.18. The van der Waals surface area contributed by atoms with Crippen molar-refractivity contribution in [1.29, 1.82) is 0 Å². The molecule has 0 spiro atoms. The van der Waals surface area contributed by atoms with Crippen LogP contribution in [0.15, 0.2) is 47.6 Å². The average molecular weight is 574 g/mol. The Morgan fingerprint density at radius 1 is 1.08 bits per heavy atom. The fourth-order valence-electron chi connectivity index (χ4n) is 3.93. The van der Waals surface area contributed by atoms with Gasteiger partial charge in [-0.15, -0.1) is 11.3 Å². The van der Waals surface area contributed by atoms with E-state index in [0.29, 0.717) is 31.9 Å². The summed E-state index contributed by atoms with van der Waals surface area (Å²) in [4.78, 5) is 38.5. The zero-order chi connectivity index (χ0) is 27.1. The first-order valence-electron chi connectivity index (χ1n) is 12.0. The second kappa shape index (κ2) is 12.9. The maximum Gasteiger partial charge on any atom is 0.341 e. The first-order valence-corrected chi connectivity index (χ1v) is 13.6. The Morgan fingerprint density at radius 3 is 2.68 bits per heavy atom. The number of nitrogens with zero attached hydrogens (tertiary/aromatic N) is 1. The number of rotatable bonds is 8. The van der Waals surface area contributed by atoms with Crippen LogP contribution in [0, 0.1) is 0 Å². The number of thiophene rings is 1. The number of hydrogen-bond acceptors (Lipinski definition) is 7. The van der Waals surface area contributed by atoms with Crippen LogP contribution in [0.5, 0.6) is 5.75 Å². The molecule has 0 fully saturated rings. The molecule has 8 nitrogen and oxygen atoms in total. The fourth-order valence-corrected chi connectivity index (χ4v) is 5.67. The number of esters is 1. The molecule has 2 amide bonds. The van der Waals surface area contributed by atoms with Crippen LogP contribution in [0.2, 0.25) is 10.0 Å². The number of amides is 2. The van der Waals surface area contributed by atoms with Gasteiger partial charge in [0.1, 0.15) is 17.4 Å². The second-order valence-electron chi connectivity index (χ2n) is 8.39. The maximum atomic E-state index is 12.6. The highest BCUT2D eigenvalue weighted by Crippen LogP contribution is 2.38. The first-order chi connectivity index (χ1) is 18.4. The number of ether oxygens (including phenoxy) is 2. The van der Waals surface area contributed by atoms with Crippen molar-refractivity contribution in [2.24, 2.45) is 5.10 Å². The molecule has 0 saturated heterocycles. The highest BCUT2D eigenvalue weighted by molar-refractivity contribution is 7.17. The summed E-state index contributed by atoms with van der Waals surface area (Å²) >= 11 is 13.4. The van der Waals surface area contributed by atoms with Crippen molar-refractivity contribution in [3.8, 4) is 5.75 Å². The molecule has 0 radical (unpaired) electrons. The maximum absolute atomic E-state index is 12.6. The molecule has 1 aliphatic carbocycles. The van der Waals surface area contributed by atoms with Gasteiger partial charge in [0.2, 0.25) is 0 Å². The van der Waals surface area contributed by atoms with Gasteiger partial charge in [0, 0.05) is 20.5 Å². The summed E-state index contributed by atoms with van der Waals surface area (Å²) < 4.78 is 11.0. The molecule has 1 aliphatic rings. The van der Waals surface area contributed by atoms with Crippen LogP contribution in [0.25, 0.3) is 0 Å². The zero-order valence-electron chi connectivity index (χ0n) is 20.5. The summed E-state index contributed by atoms with van der Waals surface area (Å²) in [5.74, 6) is -1.83. The van der Waals surface area contributed by atoms with Gasteiger partial charge in [0.15, 0.2) is 0 Å². The van der Waals surface area contributed by atoms with Crippen LogP contribution in [0.3, 0.4) is 0 Å².